The summed E-state index contributed by atoms with van der Waals surface area (Å²) in [6.07, 6.45) is 0. The molecule has 2 atom stereocenters. The van der Waals surface area contributed by atoms with Crippen molar-refractivity contribution >= 4 is 17.7 Å². The quantitative estimate of drug-likeness (QED) is 0.780. The molecule has 152 valence electrons. The summed E-state index contributed by atoms with van der Waals surface area (Å²) in [4.78, 5) is 43.9. The molecular weight excluding hydrogens is 372 g/mol. The lowest BCUT2D eigenvalue weighted by molar-refractivity contribution is -0.139. The third kappa shape index (κ3) is 3.18. The van der Waals surface area contributed by atoms with Crippen LogP contribution >= 0.6 is 0 Å². The number of rotatable bonds is 3. The molecule has 29 heavy (non-hydrogen) atoms. The van der Waals surface area contributed by atoms with Crippen LogP contribution in [0.15, 0.2) is 40.9 Å². The van der Waals surface area contributed by atoms with Gasteiger partial charge in [0.05, 0.1) is 5.41 Å². The lowest BCUT2D eigenvalue weighted by Crippen LogP contribution is -2.48. The molecule has 2 aliphatic heterocycles. The predicted molar refractivity (Wildman–Crippen MR) is 104 cm³/mol. The number of carbonyl (C=O) groups is 3. The van der Waals surface area contributed by atoms with Crippen LogP contribution < -0.4 is 0 Å². The highest BCUT2D eigenvalue weighted by Crippen LogP contribution is 2.44. The minimum atomic E-state index is -0.803. The van der Waals surface area contributed by atoms with Gasteiger partial charge in [-0.1, -0.05) is 23.4 Å². The first-order valence-electron chi connectivity index (χ1n) is 9.60. The highest BCUT2D eigenvalue weighted by molar-refractivity contribution is 5.97. The minimum Gasteiger partial charge on any atom is -0.361 e. The van der Waals surface area contributed by atoms with Gasteiger partial charge in [0.1, 0.15) is 5.76 Å². The number of hydrogen-bond donors (Lipinski definition) is 0. The van der Waals surface area contributed by atoms with E-state index in [2.05, 4.69) is 5.16 Å². The maximum absolute atomic E-state index is 13.2. The zero-order chi connectivity index (χ0) is 20.8. The molecule has 0 unspecified atom stereocenters. The zero-order valence-corrected chi connectivity index (χ0v) is 16.8. The van der Waals surface area contributed by atoms with Gasteiger partial charge in [0, 0.05) is 57.8 Å². The Balaban J connectivity index is 1.59. The Morgan fingerprint density at radius 1 is 1.07 bits per heavy atom. The van der Waals surface area contributed by atoms with E-state index < -0.39 is 5.41 Å². The van der Waals surface area contributed by atoms with Gasteiger partial charge >= 0.3 is 0 Å². The van der Waals surface area contributed by atoms with E-state index in [1.54, 1.807) is 53.9 Å². The van der Waals surface area contributed by atoms with Gasteiger partial charge in [-0.2, -0.15) is 0 Å². The molecule has 8 heteroatoms. The van der Waals surface area contributed by atoms with Crippen LogP contribution in [0.25, 0.3) is 0 Å². The van der Waals surface area contributed by atoms with Crippen molar-refractivity contribution in [2.45, 2.75) is 6.92 Å². The molecule has 1 aromatic heterocycles. The summed E-state index contributed by atoms with van der Waals surface area (Å²) < 4.78 is 5.02. The second-order valence-electron chi connectivity index (χ2n) is 8.11. The molecule has 1 aromatic carbocycles. The molecule has 2 fully saturated rings. The summed E-state index contributed by atoms with van der Waals surface area (Å²) in [5.41, 5.74) is 0.0422. The number of hydrogen-bond acceptors (Lipinski definition) is 5. The van der Waals surface area contributed by atoms with Gasteiger partial charge in [-0.05, 0) is 19.1 Å². The zero-order valence-electron chi connectivity index (χ0n) is 16.8. The summed E-state index contributed by atoms with van der Waals surface area (Å²) in [7, 11) is 3.42. The maximum Gasteiger partial charge on any atom is 0.276 e. The van der Waals surface area contributed by atoms with Gasteiger partial charge in [0.2, 0.25) is 5.91 Å². The second-order valence-corrected chi connectivity index (χ2v) is 8.11. The van der Waals surface area contributed by atoms with Gasteiger partial charge in [0.15, 0.2) is 5.69 Å². The Labute approximate surface area is 169 Å². The van der Waals surface area contributed by atoms with Crippen LogP contribution in [0.5, 0.6) is 0 Å². The third-order valence-corrected chi connectivity index (χ3v) is 5.88. The van der Waals surface area contributed by atoms with Crippen molar-refractivity contribution in [3.05, 3.63) is 53.4 Å². The average molecular weight is 396 g/mol. The minimum absolute atomic E-state index is 0.0579. The molecular formula is C21H24N4O4. The van der Waals surface area contributed by atoms with Crippen LogP contribution in [-0.2, 0) is 4.79 Å². The first-order chi connectivity index (χ1) is 13.8. The van der Waals surface area contributed by atoms with E-state index in [0.29, 0.717) is 31.0 Å². The molecule has 0 spiro atoms. The number of carbonyl (C=O) groups excluding carboxylic acids is 3. The van der Waals surface area contributed by atoms with Crippen molar-refractivity contribution < 1.29 is 18.9 Å². The van der Waals surface area contributed by atoms with Crippen molar-refractivity contribution in [3.8, 4) is 0 Å². The number of likely N-dealkylation sites (tertiary alicyclic amines) is 2. The van der Waals surface area contributed by atoms with E-state index in [0.717, 1.165) is 0 Å². The van der Waals surface area contributed by atoms with Gasteiger partial charge < -0.3 is 19.2 Å². The molecule has 0 saturated carbocycles. The topological polar surface area (TPSA) is 87.0 Å². The number of amides is 3. The van der Waals surface area contributed by atoms with Crippen LogP contribution in [-0.4, -0.2) is 77.9 Å². The van der Waals surface area contributed by atoms with Crippen LogP contribution in [0.1, 0.15) is 26.6 Å². The Kier molecular flexibility index (Phi) is 4.64. The first kappa shape index (κ1) is 19.2. The lowest BCUT2D eigenvalue weighted by Gasteiger charge is -2.30. The summed E-state index contributed by atoms with van der Waals surface area (Å²) >= 11 is 0. The molecule has 0 N–H and O–H groups in total. The van der Waals surface area contributed by atoms with Crippen LogP contribution in [0.3, 0.4) is 0 Å². The maximum atomic E-state index is 13.2. The average Bonchev–Trinajstić information content (AvgIpc) is 3.39. The van der Waals surface area contributed by atoms with Crippen molar-refractivity contribution in [2.75, 3.05) is 40.3 Å². The summed E-state index contributed by atoms with van der Waals surface area (Å²) in [6.45, 7) is 3.13. The fourth-order valence-electron chi connectivity index (χ4n) is 4.51. The molecule has 3 heterocycles. The second kappa shape index (κ2) is 7.02. The molecule has 0 radical (unpaired) electrons. The Bertz CT molecular complexity index is 955. The lowest BCUT2D eigenvalue weighted by atomic mass is 9.80. The van der Waals surface area contributed by atoms with E-state index in [-0.39, 0.29) is 35.9 Å². The number of aromatic nitrogens is 1. The Morgan fingerprint density at radius 3 is 2.24 bits per heavy atom. The van der Waals surface area contributed by atoms with Crippen LogP contribution in [0.2, 0.25) is 0 Å². The van der Waals surface area contributed by atoms with Gasteiger partial charge in [-0.15, -0.1) is 0 Å². The SMILES string of the molecule is Cc1cc(C(=O)N2C[C@@H]3CN(C(=O)c4ccccc4)C[C@]3(C(=O)N(C)C)C2)no1. The summed E-state index contributed by atoms with van der Waals surface area (Å²) in [5.74, 6) is 0.0463. The number of nitrogens with zero attached hydrogens (tertiary/aromatic N) is 4. The van der Waals surface area contributed by atoms with E-state index in [4.69, 9.17) is 4.52 Å². The standard InChI is InChI=1S/C21H24N4O4/c1-14-9-17(22-29-14)19(27)25-11-16-10-24(18(26)15-7-5-4-6-8-15)12-21(16,13-25)20(28)23(2)3/h4-9,16H,10-13H2,1-3H3/t16-,21-/m0/s1. The molecule has 0 aliphatic carbocycles. The van der Waals surface area contributed by atoms with Crippen LogP contribution in [0.4, 0.5) is 0 Å². The Morgan fingerprint density at radius 2 is 1.69 bits per heavy atom. The van der Waals surface area contributed by atoms with Crippen molar-refractivity contribution in [1.82, 2.24) is 19.9 Å². The highest BCUT2D eigenvalue weighted by atomic mass is 16.5. The van der Waals surface area contributed by atoms with Gasteiger partial charge in [0.25, 0.3) is 11.8 Å². The molecule has 2 aliphatic rings. The molecule has 2 saturated heterocycles. The van der Waals surface area contributed by atoms with E-state index >= 15 is 0 Å². The van der Waals surface area contributed by atoms with Gasteiger partial charge in [-0.25, -0.2) is 0 Å². The van der Waals surface area contributed by atoms with Crippen molar-refractivity contribution in [2.24, 2.45) is 11.3 Å². The first-order valence-corrected chi connectivity index (χ1v) is 9.60. The molecule has 2 aromatic rings. The van der Waals surface area contributed by atoms with Crippen molar-refractivity contribution in [3.63, 3.8) is 0 Å². The van der Waals surface area contributed by atoms with E-state index in [1.807, 2.05) is 18.2 Å². The summed E-state index contributed by atoms with van der Waals surface area (Å²) in [6, 6.07) is 10.7. The summed E-state index contributed by atoms with van der Waals surface area (Å²) in [5, 5.41) is 3.81. The third-order valence-electron chi connectivity index (χ3n) is 5.88. The number of fused-ring (bicyclic) bond motifs is 1. The largest absolute Gasteiger partial charge is 0.361 e. The van der Waals surface area contributed by atoms with Crippen molar-refractivity contribution in [1.29, 1.82) is 0 Å². The van der Waals surface area contributed by atoms with Gasteiger partial charge in [-0.3, -0.25) is 14.4 Å². The molecule has 0 bridgehead atoms. The van der Waals surface area contributed by atoms with Crippen LogP contribution in [0, 0.1) is 18.3 Å². The monoisotopic (exact) mass is 396 g/mol. The molecule has 3 amide bonds. The smallest absolute Gasteiger partial charge is 0.276 e. The highest BCUT2D eigenvalue weighted by Gasteiger charge is 2.59. The fourth-order valence-corrected chi connectivity index (χ4v) is 4.51. The van der Waals surface area contributed by atoms with E-state index in [1.165, 1.54) is 0 Å². The predicted octanol–water partition coefficient (Wildman–Crippen LogP) is 1.29. The number of benzene rings is 1. The fraction of sp³-hybridized carbons (Fsp3) is 0.429. The molecule has 4 rings (SSSR count). The molecule has 8 nitrogen and oxygen atoms in total. The Hall–Kier alpha value is -3.16. The van der Waals surface area contributed by atoms with E-state index in [9.17, 15) is 14.4 Å². The normalized spacial score (nSPS) is 23.2. The number of aryl methyl sites for hydroxylation is 1.